The minimum Gasteiger partial charge on any atom is -0.374 e. The van der Waals surface area contributed by atoms with Crippen LogP contribution in [0.4, 0.5) is 5.69 Å². The zero-order chi connectivity index (χ0) is 15.0. The van der Waals surface area contributed by atoms with E-state index in [9.17, 15) is 0 Å². The Morgan fingerprint density at radius 3 is 1.79 bits per heavy atom. The van der Waals surface area contributed by atoms with Crippen LogP contribution in [0, 0.1) is 24.7 Å². The van der Waals surface area contributed by atoms with Gasteiger partial charge < -0.3 is 4.90 Å². The molecule has 0 saturated carbocycles. The van der Waals surface area contributed by atoms with E-state index in [-0.39, 0.29) is 10.8 Å². The smallest absolute Gasteiger partial charge is 0.0424 e. The summed E-state index contributed by atoms with van der Waals surface area (Å²) in [4.78, 5) is 3.44. The van der Waals surface area contributed by atoms with E-state index >= 15 is 0 Å². The molecule has 0 amide bonds. The molecule has 0 atom stereocenters. The Morgan fingerprint density at radius 2 is 1.42 bits per heavy atom. The van der Waals surface area contributed by atoms with Gasteiger partial charge in [-0.3, -0.25) is 0 Å². The monoisotopic (exact) mass is 279 g/mol. The average Bonchev–Trinajstić information content (AvgIpc) is 2.12. The summed E-state index contributed by atoms with van der Waals surface area (Å²) in [6, 6.07) is 4.29. The molecule has 0 saturated heterocycles. The first kappa shape index (κ1) is 16.4. The number of hydrogen-bond donors (Lipinski definition) is 1. The molecule has 1 nitrogen and oxygen atoms in total. The molecule has 19 heavy (non-hydrogen) atoms. The van der Waals surface area contributed by atoms with Crippen LogP contribution >= 0.6 is 12.6 Å². The number of thiol groups is 1. The van der Waals surface area contributed by atoms with Crippen molar-refractivity contribution >= 4 is 18.3 Å². The topological polar surface area (TPSA) is 3.24 Å². The van der Waals surface area contributed by atoms with Gasteiger partial charge in [0.05, 0.1) is 0 Å². The van der Waals surface area contributed by atoms with Crippen molar-refractivity contribution in [3.8, 4) is 0 Å². The molecular formula is C17H29NS. The Kier molecular flexibility index (Phi) is 4.66. The van der Waals surface area contributed by atoms with Gasteiger partial charge in [0, 0.05) is 24.2 Å². The second-order valence-electron chi connectivity index (χ2n) is 7.42. The van der Waals surface area contributed by atoms with Crippen LogP contribution in [-0.2, 0) is 0 Å². The number of nitrogens with zero attached hydrogens (tertiary/aromatic N) is 1. The number of benzene rings is 1. The first-order valence-corrected chi connectivity index (χ1v) is 7.42. The summed E-state index contributed by atoms with van der Waals surface area (Å²) in [6.45, 7) is 17.0. The first-order valence-electron chi connectivity index (χ1n) is 6.97. The van der Waals surface area contributed by atoms with Crippen molar-refractivity contribution in [3.63, 3.8) is 0 Å². The molecule has 0 aromatic heterocycles. The Labute approximate surface area is 124 Å². The lowest BCUT2D eigenvalue weighted by Crippen LogP contribution is -2.40. The second kappa shape index (κ2) is 5.40. The summed E-state index contributed by atoms with van der Waals surface area (Å²) in [7, 11) is 2.20. The van der Waals surface area contributed by atoms with E-state index in [4.69, 9.17) is 0 Å². The Hall–Kier alpha value is -0.630. The summed E-state index contributed by atoms with van der Waals surface area (Å²) < 4.78 is 0. The molecule has 1 rings (SSSR count). The highest BCUT2D eigenvalue weighted by Crippen LogP contribution is 2.40. The minimum absolute atomic E-state index is 0.250. The summed E-state index contributed by atoms with van der Waals surface area (Å²) in [6.07, 6.45) is 0. The third-order valence-corrected chi connectivity index (χ3v) is 4.78. The summed E-state index contributed by atoms with van der Waals surface area (Å²) in [5.41, 5.74) is 4.48. The maximum atomic E-state index is 4.45. The quantitative estimate of drug-likeness (QED) is 0.753. The number of hydrogen-bond acceptors (Lipinski definition) is 2. The highest BCUT2D eigenvalue weighted by atomic mass is 32.1. The van der Waals surface area contributed by atoms with Crippen LogP contribution in [0.3, 0.4) is 0 Å². The second-order valence-corrected chi connectivity index (χ2v) is 7.93. The van der Waals surface area contributed by atoms with Gasteiger partial charge in [-0.05, 0) is 47.9 Å². The van der Waals surface area contributed by atoms with Crippen molar-refractivity contribution in [2.24, 2.45) is 10.8 Å². The lowest BCUT2D eigenvalue weighted by molar-refractivity contribution is 0.140. The fourth-order valence-electron chi connectivity index (χ4n) is 2.44. The molecule has 2 heteroatoms. The lowest BCUT2D eigenvalue weighted by Gasteiger charge is -2.42. The zero-order valence-electron chi connectivity index (χ0n) is 13.8. The molecule has 0 fully saturated rings. The van der Waals surface area contributed by atoms with Crippen molar-refractivity contribution in [1.29, 1.82) is 0 Å². The molecule has 0 bridgehead atoms. The van der Waals surface area contributed by atoms with E-state index in [0.717, 1.165) is 11.4 Å². The third-order valence-electron chi connectivity index (χ3n) is 4.52. The molecule has 0 aliphatic rings. The van der Waals surface area contributed by atoms with Gasteiger partial charge in [-0.1, -0.05) is 34.6 Å². The van der Waals surface area contributed by atoms with Gasteiger partial charge in [0.1, 0.15) is 0 Å². The predicted octanol–water partition coefficient (Wildman–Crippen LogP) is 5.10. The van der Waals surface area contributed by atoms with Crippen LogP contribution < -0.4 is 4.90 Å². The van der Waals surface area contributed by atoms with Crippen molar-refractivity contribution < 1.29 is 0 Å². The van der Waals surface area contributed by atoms with Crippen LogP contribution in [0.25, 0.3) is 0 Å². The van der Waals surface area contributed by atoms with E-state index < -0.39 is 0 Å². The van der Waals surface area contributed by atoms with Crippen LogP contribution in [0.5, 0.6) is 0 Å². The van der Waals surface area contributed by atoms with E-state index in [1.54, 1.807) is 0 Å². The standard InChI is InChI=1S/C17H29NS/c1-12-9-14(19)10-13(2)15(12)18(8)11-17(6,7)16(3,4)5/h9-10,19H,11H2,1-8H3. The number of anilines is 1. The van der Waals surface area contributed by atoms with Crippen molar-refractivity contribution in [2.75, 3.05) is 18.5 Å². The molecule has 0 aliphatic carbocycles. The Balaban J connectivity index is 3.06. The number of aryl methyl sites for hydroxylation is 2. The average molecular weight is 279 g/mol. The van der Waals surface area contributed by atoms with Gasteiger partial charge in [0.25, 0.3) is 0 Å². The molecule has 0 radical (unpaired) electrons. The molecule has 0 aliphatic heterocycles. The van der Waals surface area contributed by atoms with Crippen molar-refractivity contribution in [3.05, 3.63) is 23.3 Å². The van der Waals surface area contributed by atoms with Gasteiger partial charge >= 0.3 is 0 Å². The van der Waals surface area contributed by atoms with E-state index in [1.807, 2.05) is 0 Å². The van der Waals surface area contributed by atoms with Crippen LogP contribution in [0.1, 0.15) is 45.7 Å². The molecule has 0 spiro atoms. The fraction of sp³-hybridized carbons (Fsp3) is 0.647. The Morgan fingerprint density at radius 1 is 1.00 bits per heavy atom. The number of rotatable bonds is 3. The molecule has 1 aromatic rings. The van der Waals surface area contributed by atoms with Crippen LogP contribution in [0.2, 0.25) is 0 Å². The summed E-state index contributed by atoms with van der Waals surface area (Å²) in [5.74, 6) is 0. The van der Waals surface area contributed by atoms with E-state index in [1.165, 1.54) is 16.8 Å². The fourth-order valence-corrected chi connectivity index (χ4v) is 2.83. The SMILES string of the molecule is Cc1cc(S)cc(C)c1N(C)CC(C)(C)C(C)(C)C. The van der Waals surface area contributed by atoms with Crippen LogP contribution in [-0.4, -0.2) is 13.6 Å². The molecule has 0 N–H and O–H groups in total. The molecule has 0 unspecified atom stereocenters. The zero-order valence-corrected chi connectivity index (χ0v) is 14.7. The maximum absolute atomic E-state index is 4.45. The lowest BCUT2D eigenvalue weighted by atomic mass is 9.69. The summed E-state index contributed by atoms with van der Waals surface area (Å²) in [5, 5.41) is 0. The van der Waals surface area contributed by atoms with Crippen LogP contribution in [0.15, 0.2) is 17.0 Å². The van der Waals surface area contributed by atoms with E-state index in [2.05, 4.69) is 85.2 Å². The predicted molar refractivity (Wildman–Crippen MR) is 89.7 cm³/mol. The van der Waals surface area contributed by atoms with E-state index in [0.29, 0.717) is 0 Å². The van der Waals surface area contributed by atoms with Gasteiger partial charge in [-0.2, -0.15) is 0 Å². The largest absolute Gasteiger partial charge is 0.374 e. The van der Waals surface area contributed by atoms with Crippen molar-refractivity contribution in [2.45, 2.75) is 53.4 Å². The third kappa shape index (κ3) is 3.68. The minimum atomic E-state index is 0.250. The molecule has 1 aromatic carbocycles. The highest BCUT2D eigenvalue weighted by molar-refractivity contribution is 7.80. The van der Waals surface area contributed by atoms with Gasteiger partial charge in [0.15, 0.2) is 0 Å². The Bertz CT molecular complexity index is 432. The van der Waals surface area contributed by atoms with Gasteiger partial charge in [-0.15, -0.1) is 12.6 Å². The highest BCUT2D eigenvalue weighted by Gasteiger charge is 2.34. The molecule has 108 valence electrons. The molecular weight excluding hydrogens is 250 g/mol. The first-order chi connectivity index (χ1) is 8.45. The van der Waals surface area contributed by atoms with Gasteiger partial charge in [0.2, 0.25) is 0 Å². The summed E-state index contributed by atoms with van der Waals surface area (Å²) >= 11 is 4.45. The normalized spacial score (nSPS) is 12.7. The van der Waals surface area contributed by atoms with Gasteiger partial charge in [-0.25, -0.2) is 0 Å². The van der Waals surface area contributed by atoms with Crippen molar-refractivity contribution in [1.82, 2.24) is 0 Å². The molecule has 0 heterocycles. The maximum Gasteiger partial charge on any atom is 0.0424 e.